The standard InChI is InChI=1S/C19H26N2O4/c1-24-14-8-9-15(16(12-14)25-2)21-18(23)19(10-11-19)17(22)20-13-6-4-3-5-7-13/h8-9,12-13H,3-7,10-11H2,1-2H3,(H,20,22)(H,21,23). The predicted octanol–water partition coefficient (Wildman–Crippen LogP) is 2.87. The summed E-state index contributed by atoms with van der Waals surface area (Å²) in [6, 6.07) is 5.39. The van der Waals surface area contributed by atoms with E-state index in [1.807, 2.05) is 0 Å². The molecular formula is C19H26N2O4. The number of hydrogen-bond donors (Lipinski definition) is 2. The fourth-order valence-corrected chi connectivity index (χ4v) is 3.40. The van der Waals surface area contributed by atoms with Crippen LogP contribution >= 0.6 is 0 Å². The van der Waals surface area contributed by atoms with E-state index in [1.54, 1.807) is 25.3 Å². The maximum absolute atomic E-state index is 12.7. The molecule has 0 radical (unpaired) electrons. The van der Waals surface area contributed by atoms with Gasteiger partial charge in [-0.25, -0.2) is 0 Å². The zero-order valence-corrected chi connectivity index (χ0v) is 14.9. The second kappa shape index (κ2) is 7.33. The van der Waals surface area contributed by atoms with Crippen molar-refractivity contribution in [3.63, 3.8) is 0 Å². The van der Waals surface area contributed by atoms with Gasteiger partial charge in [-0.2, -0.15) is 0 Å². The molecule has 1 aromatic carbocycles. The zero-order valence-electron chi connectivity index (χ0n) is 14.9. The summed E-state index contributed by atoms with van der Waals surface area (Å²) in [5.41, 5.74) is -0.382. The molecule has 0 aromatic heterocycles. The van der Waals surface area contributed by atoms with Crippen LogP contribution in [0, 0.1) is 5.41 Å². The van der Waals surface area contributed by atoms with Gasteiger partial charge in [0.15, 0.2) is 0 Å². The topological polar surface area (TPSA) is 76.7 Å². The van der Waals surface area contributed by atoms with E-state index in [-0.39, 0.29) is 17.9 Å². The van der Waals surface area contributed by atoms with Crippen molar-refractivity contribution >= 4 is 17.5 Å². The number of ether oxygens (including phenoxy) is 2. The van der Waals surface area contributed by atoms with Crippen molar-refractivity contribution in [2.75, 3.05) is 19.5 Å². The van der Waals surface area contributed by atoms with Gasteiger partial charge in [0, 0.05) is 12.1 Å². The van der Waals surface area contributed by atoms with E-state index < -0.39 is 5.41 Å². The number of rotatable bonds is 6. The van der Waals surface area contributed by atoms with Crippen molar-refractivity contribution in [3.05, 3.63) is 18.2 Å². The fourth-order valence-electron chi connectivity index (χ4n) is 3.40. The largest absolute Gasteiger partial charge is 0.497 e. The summed E-state index contributed by atoms with van der Waals surface area (Å²) in [6.07, 6.45) is 6.73. The minimum Gasteiger partial charge on any atom is -0.497 e. The van der Waals surface area contributed by atoms with Crippen molar-refractivity contribution in [2.24, 2.45) is 5.41 Å². The molecule has 0 spiro atoms. The Morgan fingerprint density at radius 2 is 1.76 bits per heavy atom. The van der Waals surface area contributed by atoms with E-state index in [1.165, 1.54) is 13.5 Å². The van der Waals surface area contributed by atoms with Gasteiger partial charge in [0.05, 0.1) is 19.9 Å². The fraction of sp³-hybridized carbons (Fsp3) is 0.579. The first-order valence-corrected chi connectivity index (χ1v) is 8.93. The van der Waals surface area contributed by atoms with Crippen molar-refractivity contribution in [2.45, 2.75) is 51.0 Å². The normalized spacial score (nSPS) is 19.0. The Labute approximate surface area is 148 Å². The van der Waals surface area contributed by atoms with Crippen molar-refractivity contribution < 1.29 is 19.1 Å². The Bertz CT molecular complexity index is 649. The summed E-state index contributed by atoms with van der Waals surface area (Å²) in [4.78, 5) is 25.4. The third-order valence-corrected chi connectivity index (χ3v) is 5.22. The number of benzene rings is 1. The van der Waals surface area contributed by atoms with Gasteiger partial charge in [-0.1, -0.05) is 19.3 Å². The molecule has 2 N–H and O–H groups in total. The first-order chi connectivity index (χ1) is 12.1. The summed E-state index contributed by atoms with van der Waals surface area (Å²) in [7, 11) is 3.11. The van der Waals surface area contributed by atoms with Crippen LogP contribution in [0.2, 0.25) is 0 Å². The number of hydrogen-bond acceptors (Lipinski definition) is 4. The summed E-state index contributed by atoms with van der Waals surface area (Å²) < 4.78 is 10.5. The molecule has 2 fully saturated rings. The molecule has 0 aliphatic heterocycles. The Morgan fingerprint density at radius 1 is 1.04 bits per heavy atom. The lowest BCUT2D eigenvalue weighted by Gasteiger charge is -2.25. The average Bonchev–Trinajstić information content (AvgIpc) is 3.45. The van der Waals surface area contributed by atoms with Gasteiger partial charge < -0.3 is 20.1 Å². The monoisotopic (exact) mass is 346 g/mol. The molecule has 0 saturated heterocycles. The van der Waals surface area contributed by atoms with E-state index in [0.717, 1.165) is 25.7 Å². The molecule has 0 unspecified atom stereocenters. The van der Waals surface area contributed by atoms with Crippen molar-refractivity contribution in [3.8, 4) is 11.5 Å². The molecule has 25 heavy (non-hydrogen) atoms. The lowest BCUT2D eigenvalue weighted by atomic mass is 9.94. The zero-order chi connectivity index (χ0) is 17.9. The molecule has 0 atom stereocenters. The molecule has 2 aliphatic carbocycles. The van der Waals surface area contributed by atoms with Crippen LogP contribution in [0.15, 0.2) is 18.2 Å². The van der Waals surface area contributed by atoms with Gasteiger partial charge >= 0.3 is 0 Å². The molecule has 1 aromatic rings. The van der Waals surface area contributed by atoms with Gasteiger partial charge in [0.25, 0.3) is 0 Å². The van der Waals surface area contributed by atoms with Gasteiger partial charge in [-0.05, 0) is 37.8 Å². The number of methoxy groups -OCH3 is 2. The molecule has 136 valence electrons. The van der Waals surface area contributed by atoms with Gasteiger partial charge in [-0.3, -0.25) is 9.59 Å². The van der Waals surface area contributed by atoms with Crippen LogP contribution in [0.1, 0.15) is 44.9 Å². The highest BCUT2D eigenvalue weighted by Crippen LogP contribution is 2.47. The van der Waals surface area contributed by atoms with Crippen LogP contribution in [-0.4, -0.2) is 32.1 Å². The number of carbonyl (C=O) groups excluding carboxylic acids is 2. The molecular weight excluding hydrogens is 320 g/mol. The smallest absolute Gasteiger partial charge is 0.240 e. The van der Waals surface area contributed by atoms with Crippen LogP contribution in [0.4, 0.5) is 5.69 Å². The first kappa shape index (κ1) is 17.6. The Morgan fingerprint density at radius 3 is 2.36 bits per heavy atom. The second-order valence-electron chi connectivity index (χ2n) is 6.91. The summed E-state index contributed by atoms with van der Waals surface area (Å²) >= 11 is 0. The highest BCUT2D eigenvalue weighted by molar-refractivity contribution is 6.13. The quantitative estimate of drug-likeness (QED) is 0.777. The van der Waals surface area contributed by atoms with Gasteiger partial charge in [0.1, 0.15) is 16.9 Å². The second-order valence-corrected chi connectivity index (χ2v) is 6.91. The molecule has 6 heteroatoms. The SMILES string of the molecule is COc1ccc(NC(=O)C2(C(=O)NC3CCCCC3)CC2)c(OC)c1. The number of nitrogens with one attached hydrogen (secondary N) is 2. The molecule has 6 nitrogen and oxygen atoms in total. The lowest BCUT2D eigenvalue weighted by Crippen LogP contribution is -2.45. The summed E-state index contributed by atoms with van der Waals surface area (Å²) in [5.74, 6) is 0.760. The predicted molar refractivity (Wildman–Crippen MR) is 94.9 cm³/mol. The molecule has 0 heterocycles. The third kappa shape index (κ3) is 3.72. The highest BCUT2D eigenvalue weighted by Gasteiger charge is 2.56. The van der Waals surface area contributed by atoms with E-state index >= 15 is 0 Å². The molecule has 2 aliphatic rings. The lowest BCUT2D eigenvalue weighted by molar-refractivity contribution is -0.135. The molecule has 0 bridgehead atoms. The summed E-state index contributed by atoms with van der Waals surface area (Å²) in [5, 5.41) is 5.94. The van der Waals surface area contributed by atoms with Crippen molar-refractivity contribution in [1.29, 1.82) is 0 Å². The van der Waals surface area contributed by atoms with E-state index in [2.05, 4.69) is 10.6 Å². The Hall–Kier alpha value is -2.24. The minimum absolute atomic E-state index is 0.135. The number of anilines is 1. The summed E-state index contributed by atoms with van der Waals surface area (Å²) in [6.45, 7) is 0. The van der Waals surface area contributed by atoms with Crippen molar-refractivity contribution in [1.82, 2.24) is 5.32 Å². The van der Waals surface area contributed by atoms with E-state index in [0.29, 0.717) is 30.0 Å². The van der Waals surface area contributed by atoms with Crippen LogP contribution in [0.3, 0.4) is 0 Å². The number of amides is 2. The minimum atomic E-state index is -0.928. The van der Waals surface area contributed by atoms with Crippen LogP contribution in [-0.2, 0) is 9.59 Å². The molecule has 3 rings (SSSR count). The molecule has 2 saturated carbocycles. The Balaban J connectivity index is 1.67. The highest BCUT2D eigenvalue weighted by atomic mass is 16.5. The Kier molecular flexibility index (Phi) is 5.16. The van der Waals surface area contributed by atoms with Gasteiger partial charge in [-0.15, -0.1) is 0 Å². The average molecular weight is 346 g/mol. The third-order valence-electron chi connectivity index (χ3n) is 5.22. The molecule has 2 amide bonds. The van der Waals surface area contributed by atoms with Crippen LogP contribution in [0.25, 0.3) is 0 Å². The van der Waals surface area contributed by atoms with Crippen LogP contribution in [0.5, 0.6) is 11.5 Å². The van der Waals surface area contributed by atoms with E-state index in [9.17, 15) is 9.59 Å². The van der Waals surface area contributed by atoms with E-state index in [4.69, 9.17) is 9.47 Å². The maximum atomic E-state index is 12.7. The maximum Gasteiger partial charge on any atom is 0.240 e. The first-order valence-electron chi connectivity index (χ1n) is 8.93. The van der Waals surface area contributed by atoms with Gasteiger partial charge in [0.2, 0.25) is 11.8 Å². The number of carbonyl (C=O) groups is 2. The van der Waals surface area contributed by atoms with Crippen LogP contribution < -0.4 is 20.1 Å².